The highest BCUT2D eigenvalue weighted by atomic mass is 35.5. The van der Waals surface area contributed by atoms with Crippen LogP contribution in [0.15, 0.2) is 76.7 Å². The van der Waals surface area contributed by atoms with E-state index in [9.17, 15) is 18.3 Å². The summed E-state index contributed by atoms with van der Waals surface area (Å²) < 4.78 is 32.8. The van der Waals surface area contributed by atoms with E-state index in [1.54, 1.807) is 30.3 Å². The maximum absolute atomic E-state index is 13.3. The quantitative estimate of drug-likeness (QED) is 0.343. The zero-order valence-electron chi connectivity index (χ0n) is 18.6. The molecule has 0 aromatic heterocycles. The number of rotatable bonds is 9. The number of hydrazone groups is 1. The van der Waals surface area contributed by atoms with Crippen molar-refractivity contribution in [2.75, 3.05) is 13.7 Å². The van der Waals surface area contributed by atoms with Crippen LogP contribution in [-0.2, 0) is 21.4 Å². The van der Waals surface area contributed by atoms with Crippen LogP contribution in [-0.4, -0.2) is 43.6 Å². The van der Waals surface area contributed by atoms with E-state index in [2.05, 4.69) is 10.5 Å². The van der Waals surface area contributed by atoms with E-state index in [0.717, 1.165) is 15.4 Å². The van der Waals surface area contributed by atoms with E-state index in [1.807, 2.05) is 19.1 Å². The number of phenols is 1. The number of halogens is 1. The number of carbonyl (C=O) groups excluding carboxylic acids is 1. The van der Waals surface area contributed by atoms with Crippen molar-refractivity contribution in [3.05, 3.63) is 88.4 Å². The summed E-state index contributed by atoms with van der Waals surface area (Å²) in [5.41, 5.74) is 4.29. The lowest BCUT2D eigenvalue weighted by Gasteiger charge is -2.22. The van der Waals surface area contributed by atoms with Gasteiger partial charge in [-0.25, -0.2) is 13.8 Å². The molecule has 0 fully saturated rings. The van der Waals surface area contributed by atoms with Gasteiger partial charge in [0.2, 0.25) is 10.0 Å². The van der Waals surface area contributed by atoms with Crippen LogP contribution in [0.5, 0.6) is 11.5 Å². The summed E-state index contributed by atoms with van der Waals surface area (Å²) in [6, 6.07) is 17.9. The molecular weight excluding hydrogens is 478 g/mol. The second-order valence-corrected chi connectivity index (χ2v) is 9.72. The molecule has 3 aromatic rings. The fraction of sp³-hybridized carbons (Fsp3) is 0.167. The highest BCUT2D eigenvalue weighted by molar-refractivity contribution is 7.89. The number of aryl methyl sites for hydroxylation is 1. The Bertz CT molecular complexity index is 1290. The molecule has 0 saturated heterocycles. The summed E-state index contributed by atoms with van der Waals surface area (Å²) >= 11 is 5.90. The number of para-hydroxylation sites is 1. The van der Waals surface area contributed by atoms with Gasteiger partial charge in [-0.15, -0.1) is 0 Å². The van der Waals surface area contributed by atoms with Gasteiger partial charge in [-0.05, 0) is 54.4 Å². The lowest BCUT2D eigenvalue weighted by atomic mass is 10.1. The number of sulfonamides is 1. The second-order valence-electron chi connectivity index (χ2n) is 7.34. The summed E-state index contributed by atoms with van der Waals surface area (Å²) in [7, 11) is -2.60. The molecule has 8 nitrogen and oxygen atoms in total. The van der Waals surface area contributed by atoms with E-state index in [4.69, 9.17) is 16.3 Å². The van der Waals surface area contributed by atoms with Crippen molar-refractivity contribution in [1.29, 1.82) is 0 Å². The molecule has 0 spiro atoms. The summed E-state index contributed by atoms with van der Waals surface area (Å²) in [6.07, 6.45) is 1.25. The van der Waals surface area contributed by atoms with Crippen LogP contribution in [0.25, 0.3) is 0 Å². The molecule has 0 unspecified atom stereocenters. The van der Waals surface area contributed by atoms with Gasteiger partial charge < -0.3 is 9.84 Å². The second kappa shape index (κ2) is 11.1. The number of methoxy groups -OCH3 is 1. The molecule has 0 bridgehead atoms. The standard InChI is InChI=1S/C24H24ClN3O5S/c1-17-6-3-4-7-19(17)15-28(34(31,32)21-12-10-20(25)11-13-21)16-23(29)27-26-14-18-8-5-9-22(33-2)24(18)30/h3-14,30H,15-16H2,1-2H3,(H,27,29)/b26-14-. The third kappa shape index (κ3) is 6.13. The molecule has 0 aliphatic carbocycles. The number of ether oxygens (including phenoxy) is 1. The number of carbonyl (C=O) groups is 1. The molecule has 0 aliphatic rings. The number of nitrogens with zero attached hydrogens (tertiary/aromatic N) is 2. The summed E-state index contributed by atoms with van der Waals surface area (Å²) in [4.78, 5) is 12.6. The van der Waals surface area contributed by atoms with E-state index in [0.29, 0.717) is 10.6 Å². The lowest BCUT2D eigenvalue weighted by molar-refractivity contribution is -0.121. The summed E-state index contributed by atoms with van der Waals surface area (Å²) in [6.45, 7) is 1.39. The highest BCUT2D eigenvalue weighted by Gasteiger charge is 2.27. The topological polar surface area (TPSA) is 108 Å². The van der Waals surface area contributed by atoms with Crippen molar-refractivity contribution < 1.29 is 23.1 Å². The normalized spacial score (nSPS) is 11.6. The minimum atomic E-state index is -4.02. The van der Waals surface area contributed by atoms with Crippen molar-refractivity contribution in [3.8, 4) is 11.5 Å². The van der Waals surface area contributed by atoms with Gasteiger partial charge in [-0.2, -0.15) is 9.41 Å². The number of aromatic hydroxyl groups is 1. The van der Waals surface area contributed by atoms with E-state index in [1.165, 1.54) is 37.6 Å². The number of benzene rings is 3. The minimum Gasteiger partial charge on any atom is -0.504 e. The van der Waals surface area contributed by atoms with Crippen LogP contribution in [0.4, 0.5) is 0 Å². The monoisotopic (exact) mass is 501 g/mol. The maximum Gasteiger partial charge on any atom is 0.255 e. The molecule has 2 N–H and O–H groups in total. The number of amides is 1. The summed E-state index contributed by atoms with van der Waals surface area (Å²) in [5, 5.41) is 14.4. The molecule has 3 rings (SSSR count). The molecular formula is C24H24ClN3O5S. The Labute approximate surface area is 203 Å². The Kier molecular flexibility index (Phi) is 8.27. The molecule has 0 aliphatic heterocycles. The van der Waals surface area contributed by atoms with Crippen LogP contribution < -0.4 is 10.2 Å². The first kappa shape index (κ1) is 25.2. The number of nitrogens with one attached hydrogen (secondary N) is 1. The molecule has 3 aromatic carbocycles. The third-order valence-corrected chi connectivity index (χ3v) is 7.08. The van der Waals surface area contributed by atoms with Gasteiger partial charge in [-0.3, -0.25) is 4.79 Å². The van der Waals surface area contributed by atoms with Gasteiger partial charge in [0.15, 0.2) is 11.5 Å². The Morgan fingerprint density at radius 2 is 1.82 bits per heavy atom. The molecule has 1 amide bonds. The average Bonchev–Trinajstić information content (AvgIpc) is 2.81. The molecule has 0 heterocycles. The molecule has 10 heteroatoms. The van der Waals surface area contributed by atoms with Crippen molar-refractivity contribution in [3.63, 3.8) is 0 Å². The number of hydrogen-bond donors (Lipinski definition) is 2. The molecule has 0 atom stereocenters. The van der Waals surface area contributed by atoms with Crippen LogP contribution in [0, 0.1) is 6.92 Å². The Morgan fingerprint density at radius 3 is 2.50 bits per heavy atom. The third-order valence-electron chi connectivity index (χ3n) is 5.02. The molecule has 0 radical (unpaired) electrons. The number of hydrogen-bond acceptors (Lipinski definition) is 6. The first-order valence-electron chi connectivity index (χ1n) is 10.2. The minimum absolute atomic E-state index is 0.00849. The smallest absolute Gasteiger partial charge is 0.255 e. The van der Waals surface area contributed by atoms with E-state index in [-0.39, 0.29) is 22.9 Å². The van der Waals surface area contributed by atoms with E-state index < -0.39 is 22.5 Å². The van der Waals surface area contributed by atoms with Gasteiger partial charge in [0.05, 0.1) is 24.8 Å². The van der Waals surface area contributed by atoms with Crippen LogP contribution >= 0.6 is 11.6 Å². The van der Waals surface area contributed by atoms with Crippen LogP contribution in [0.2, 0.25) is 5.02 Å². The Balaban J connectivity index is 1.81. The first-order valence-corrected chi connectivity index (χ1v) is 12.0. The Morgan fingerprint density at radius 1 is 1.12 bits per heavy atom. The van der Waals surface area contributed by atoms with Crippen molar-refractivity contribution >= 4 is 33.7 Å². The highest BCUT2D eigenvalue weighted by Crippen LogP contribution is 2.28. The summed E-state index contributed by atoms with van der Waals surface area (Å²) in [5.74, 6) is -0.520. The van der Waals surface area contributed by atoms with Gasteiger partial charge in [0.1, 0.15) is 0 Å². The first-order chi connectivity index (χ1) is 16.2. The van der Waals surface area contributed by atoms with Gasteiger partial charge >= 0.3 is 0 Å². The average molecular weight is 502 g/mol. The van der Waals surface area contributed by atoms with Crippen molar-refractivity contribution in [2.24, 2.45) is 5.10 Å². The van der Waals surface area contributed by atoms with Gasteiger partial charge in [0, 0.05) is 17.1 Å². The fourth-order valence-corrected chi connectivity index (χ4v) is 4.64. The van der Waals surface area contributed by atoms with Crippen LogP contribution in [0.3, 0.4) is 0 Å². The lowest BCUT2D eigenvalue weighted by Crippen LogP contribution is -2.39. The van der Waals surface area contributed by atoms with Gasteiger partial charge in [-0.1, -0.05) is 41.9 Å². The SMILES string of the molecule is COc1cccc(/C=N\NC(=O)CN(Cc2ccccc2C)S(=O)(=O)c2ccc(Cl)cc2)c1O. The van der Waals surface area contributed by atoms with Gasteiger partial charge in [0.25, 0.3) is 5.91 Å². The largest absolute Gasteiger partial charge is 0.504 e. The van der Waals surface area contributed by atoms with Crippen LogP contribution in [0.1, 0.15) is 16.7 Å². The zero-order valence-corrected chi connectivity index (χ0v) is 20.2. The van der Waals surface area contributed by atoms with Crippen molar-refractivity contribution in [1.82, 2.24) is 9.73 Å². The predicted octanol–water partition coefficient (Wildman–Crippen LogP) is 3.70. The maximum atomic E-state index is 13.3. The fourth-order valence-electron chi connectivity index (χ4n) is 3.14. The predicted molar refractivity (Wildman–Crippen MR) is 131 cm³/mol. The molecule has 0 saturated carbocycles. The van der Waals surface area contributed by atoms with E-state index >= 15 is 0 Å². The number of phenolic OH excluding ortho intramolecular Hbond substituents is 1. The zero-order chi connectivity index (χ0) is 24.7. The molecule has 34 heavy (non-hydrogen) atoms. The Hall–Kier alpha value is -3.40. The van der Waals surface area contributed by atoms with Crippen molar-refractivity contribution in [2.45, 2.75) is 18.4 Å². The molecule has 178 valence electrons.